The molecule has 0 aliphatic carbocycles. The van der Waals surface area contributed by atoms with Crippen molar-refractivity contribution in [2.75, 3.05) is 44.2 Å². The van der Waals surface area contributed by atoms with Gasteiger partial charge < -0.3 is 20.4 Å². The second-order valence-electron chi connectivity index (χ2n) is 6.84. The summed E-state index contributed by atoms with van der Waals surface area (Å²) in [7, 11) is 0. The zero-order chi connectivity index (χ0) is 19.8. The van der Waals surface area contributed by atoms with Gasteiger partial charge in [-0.3, -0.25) is 0 Å². The Hall–Kier alpha value is -1.39. The monoisotopic (exact) mass is 531 g/mol. The lowest BCUT2D eigenvalue weighted by atomic mass is 10.1. The van der Waals surface area contributed by atoms with Gasteiger partial charge in [0.2, 0.25) is 0 Å². The van der Waals surface area contributed by atoms with E-state index in [2.05, 4.69) is 43.8 Å². The molecule has 1 aliphatic rings. The van der Waals surface area contributed by atoms with Crippen molar-refractivity contribution in [3.05, 3.63) is 52.0 Å². The van der Waals surface area contributed by atoms with Gasteiger partial charge in [-0.2, -0.15) is 0 Å². The van der Waals surface area contributed by atoms with Crippen LogP contribution in [-0.2, 0) is 13.1 Å². The largest absolute Gasteiger partial charge is 0.367 e. The van der Waals surface area contributed by atoms with Crippen LogP contribution in [0.15, 0.2) is 40.7 Å². The number of halogens is 2. The summed E-state index contributed by atoms with van der Waals surface area (Å²) in [4.78, 5) is 10.4. The standard InChI is InChI=1S/C21H30FN5S.HI/c1-3-23-21(25-16-18-6-5-13-28-18)24-15-17-7-8-20(19(22)14-17)27-11-9-26(4-2)10-12-27;/h5-8,13-14H,3-4,9-12,15-16H2,1-2H3,(H2,23,24,25);1H. The molecule has 160 valence electrons. The van der Waals surface area contributed by atoms with Gasteiger partial charge in [0.05, 0.1) is 18.8 Å². The van der Waals surface area contributed by atoms with Crippen LogP contribution >= 0.6 is 35.3 Å². The second kappa shape index (κ2) is 12.3. The third-order valence-electron chi connectivity index (χ3n) is 4.95. The van der Waals surface area contributed by atoms with Crippen molar-refractivity contribution in [3.63, 3.8) is 0 Å². The van der Waals surface area contributed by atoms with Crippen molar-refractivity contribution in [1.29, 1.82) is 0 Å². The first-order chi connectivity index (χ1) is 13.7. The molecule has 0 saturated carbocycles. The first-order valence-corrected chi connectivity index (χ1v) is 10.9. The van der Waals surface area contributed by atoms with Crippen LogP contribution < -0.4 is 15.5 Å². The number of piperazine rings is 1. The maximum Gasteiger partial charge on any atom is 0.191 e. The summed E-state index contributed by atoms with van der Waals surface area (Å²) in [6, 6.07) is 9.63. The molecule has 2 aromatic rings. The topological polar surface area (TPSA) is 42.9 Å². The normalized spacial score (nSPS) is 15.1. The number of rotatable bonds is 7. The fourth-order valence-corrected chi connectivity index (χ4v) is 3.95. The predicted octanol–water partition coefficient (Wildman–Crippen LogP) is 3.90. The third kappa shape index (κ3) is 7.11. The van der Waals surface area contributed by atoms with Crippen molar-refractivity contribution in [2.24, 2.45) is 4.99 Å². The highest BCUT2D eigenvalue weighted by molar-refractivity contribution is 14.0. The molecule has 29 heavy (non-hydrogen) atoms. The van der Waals surface area contributed by atoms with Crippen LogP contribution in [-0.4, -0.2) is 50.1 Å². The fourth-order valence-electron chi connectivity index (χ4n) is 3.31. The molecule has 2 heterocycles. The van der Waals surface area contributed by atoms with Gasteiger partial charge in [0.1, 0.15) is 5.82 Å². The Kier molecular flexibility index (Phi) is 10.2. The second-order valence-corrected chi connectivity index (χ2v) is 7.87. The number of guanidine groups is 1. The Bertz CT molecular complexity index is 760. The molecule has 1 aliphatic heterocycles. The van der Waals surface area contributed by atoms with Gasteiger partial charge in [-0.25, -0.2) is 9.38 Å². The highest BCUT2D eigenvalue weighted by Gasteiger charge is 2.18. The molecule has 0 atom stereocenters. The van der Waals surface area contributed by atoms with Crippen molar-refractivity contribution in [3.8, 4) is 0 Å². The van der Waals surface area contributed by atoms with Crippen LogP contribution in [0.3, 0.4) is 0 Å². The average molecular weight is 531 g/mol. The van der Waals surface area contributed by atoms with E-state index in [0.29, 0.717) is 12.2 Å². The molecule has 1 fully saturated rings. The molecule has 0 bridgehead atoms. The van der Waals surface area contributed by atoms with E-state index in [-0.39, 0.29) is 29.8 Å². The van der Waals surface area contributed by atoms with Gasteiger partial charge in [0.15, 0.2) is 5.96 Å². The molecule has 1 aromatic heterocycles. The summed E-state index contributed by atoms with van der Waals surface area (Å²) in [6.45, 7) is 11.0. The third-order valence-corrected chi connectivity index (χ3v) is 5.82. The minimum atomic E-state index is -0.158. The van der Waals surface area contributed by atoms with E-state index in [4.69, 9.17) is 0 Å². The van der Waals surface area contributed by atoms with Crippen LogP contribution in [0.1, 0.15) is 24.3 Å². The smallest absolute Gasteiger partial charge is 0.191 e. The summed E-state index contributed by atoms with van der Waals surface area (Å²) in [5.74, 6) is 0.588. The predicted molar refractivity (Wildman–Crippen MR) is 132 cm³/mol. The minimum Gasteiger partial charge on any atom is -0.367 e. The van der Waals surface area contributed by atoms with Crippen LogP contribution in [0.2, 0.25) is 0 Å². The molecule has 0 radical (unpaired) electrons. The lowest BCUT2D eigenvalue weighted by Gasteiger charge is -2.35. The number of likely N-dealkylation sites (N-methyl/N-ethyl adjacent to an activating group) is 1. The highest BCUT2D eigenvalue weighted by atomic mass is 127. The first-order valence-electron chi connectivity index (χ1n) is 10.00. The molecule has 5 nitrogen and oxygen atoms in total. The first kappa shape index (κ1) is 23.9. The van der Waals surface area contributed by atoms with Gasteiger partial charge in [0.25, 0.3) is 0 Å². The Labute approximate surface area is 194 Å². The van der Waals surface area contributed by atoms with Gasteiger partial charge in [0, 0.05) is 37.6 Å². The fraction of sp³-hybridized carbons (Fsp3) is 0.476. The lowest BCUT2D eigenvalue weighted by molar-refractivity contribution is 0.270. The summed E-state index contributed by atoms with van der Waals surface area (Å²) < 4.78 is 14.7. The molecule has 1 saturated heterocycles. The Morgan fingerprint density at radius 2 is 1.93 bits per heavy atom. The molecule has 8 heteroatoms. The molecule has 0 unspecified atom stereocenters. The van der Waals surface area contributed by atoms with Gasteiger partial charge >= 0.3 is 0 Å². The Morgan fingerprint density at radius 3 is 2.55 bits per heavy atom. The average Bonchev–Trinajstić information content (AvgIpc) is 3.24. The Balaban J connectivity index is 0.00000300. The van der Waals surface area contributed by atoms with Crippen LogP contribution in [0.25, 0.3) is 0 Å². The van der Waals surface area contributed by atoms with Crippen LogP contribution in [0, 0.1) is 5.82 Å². The zero-order valence-electron chi connectivity index (χ0n) is 17.2. The van der Waals surface area contributed by atoms with E-state index < -0.39 is 0 Å². The number of nitrogens with one attached hydrogen (secondary N) is 2. The SMILES string of the molecule is CCNC(=NCc1ccc(N2CCN(CC)CC2)c(F)c1)NCc1cccs1.I. The maximum atomic E-state index is 14.7. The molecule has 0 amide bonds. The Morgan fingerprint density at radius 1 is 1.14 bits per heavy atom. The van der Waals surface area contributed by atoms with Crippen LogP contribution in [0.5, 0.6) is 0 Å². The number of hydrogen-bond acceptors (Lipinski definition) is 4. The number of thiophene rings is 1. The number of benzene rings is 1. The quantitative estimate of drug-likeness (QED) is 0.323. The van der Waals surface area contributed by atoms with Crippen molar-refractivity contribution >= 4 is 47.0 Å². The zero-order valence-corrected chi connectivity index (χ0v) is 20.3. The van der Waals surface area contributed by atoms with E-state index in [1.807, 2.05) is 25.1 Å². The minimum absolute atomic E-state index is 0. The van der Waals surface area contributed by atoms with Gasteiger partial charge in [-0.1, -0.05) is 19.1 Å². The summed E-state index contributed by atoms with van der Waals surface area (Å²) in [5.41, 5.74) is 1.58. The van der Waals surface area contributed by atoms with Gasteiger partial charge in [-0.05, 0) is 42.6 Å². The number of hydrogen-bond donors (Lipinski definition) is 2. The molecule has 0 spiro atoms. The number of aliphatic imine (C=N–C) groups is 1. The van der Waals surface area contributed by atoms with E-state index in [0.717, 1.165) is 57.3 Å². The molecule has 1 aromatic carbocycles. The van der Waals surface area contributed by atoms with Crippen LogP contribution in [0.4, 0.5) is 10.1 Å². The molecular weight excluding hydrogens is 500 g/mol. The molecule has 3 rings (SSSR count). The number of nitrogens with zero attached hydrogens (tertiary/aromatic N) is 3. The van der Waals surface area contributed by atoms with E-state index in [9.17, 15) is 4.39 Å². The van der Waals surface area contributed by atoms with Crippen molar-refractivity contribution in [1.82, 2.24) is 15.5 Å². The van der Waals surface area contributed by atoms with Crippen molar-refractivity contribution in [2.45, 2.75) is 26.9 Å². The summed E-state index contributed by atoms with van der Waals surface area (Å²) >= 11 is 1.71. The summed E-state index contributed by atoms with van der Waals surface area (Å²) in [5, 5.41) is 8.63. The van der Waals surface area contributed by atoms with Gasteiger partial charge in [-0.15, -0.1) is 35.3 Å². The van der Waals surface area contributed by atoms with E-state index in [1.165, 1.54) is 4.88 Å². The van der Waals surface area contributed by atoms with E-state index in [1.54, 1.807) is 17.4 Å². The number of anilines is 1. The summed E-state index contributed by atoms with van der Waals surface area (Å²) in [6.07, 6.45) is 0. The van der Waals surface area contributed by atoms with Crippen molar-refractivity contribution < 1.29 is 4.39 Å². The highest BCUT2D eigenvalue weighted by Crippen LogP contribution is 2.22. The van der Waals surface area contributed by atoms with E-state index >= 15 is 0 Å². The lowest BCUT2D eigenvalue weighted by Crippen LogP contribution is -2.46. The maximum absolute atomic E-state index is 14.7. The molecule has 2 N–H and O–H groups in total. The molecular formula is C21H31FIN5S.